The van der Waals surface area contributed by atoms with E-state index in [2.05, 4.69) is 66.1 Å². The first-order chi connectivity index (χ1) is 10.2. The Labute approximate surface area is 128 Å². The molecule has 0 saturated heterocycles. The molecule has 2 rings (SSSR count). The van der Waals surface area contributed by atoms with Crippen LogP contribution in [0.5, 0.6) is 0 Å². The third-order valence-electron chi connectivity index (χ3n) is 3.93. The maximum atomic E-state index is 4.50. The van der Waals surface area contributed by atoms with Gasteiger partial charge in [-0.2, -0.15) is 0 Å². The van der Waals surface area contributed by atoms with E-state index in [0.717, 1.165) is 32.4 Å². The molecule has 0 radical (unpaired) electrons. The van der Waals surface area contributed by atoms with Gasteiger partial charge in [-0.3, -0.25) is 0 Å². The number of benzene rings is 1. The predicted molar refractivity (Wildman–Crippen MR) is 88.6 cm³/mol. The second kappa shape index (κ2) is 7.99. The summed E-state index contributed by atoms with van der Waals surface area (Å²) in [6, 6.07) is 9.31. The second-order valence-corrected chi connectivity index (χ2v) is 5.62. The summed E-state index contributed by atoms with van der Waals surface area (Å²) in [5.74, 6) is 1.19. The fourth-order valence-electron chi connectivity index (χ4n) is 2.81. The van der Waals surface area contributed by atoms with Crippen LogP contribution in [0, 0.1) is 6.92 Å². The van der Waals surface area contributed by atoms with Gasteiger partial charge in [-0.15, -0.1) is 0 Å². The Balaban J connectivity index is 1.95. The highest BCUT2D eigenvalue weighted by molar-refractivity contribution is 5.22. The molecule has 3 heteroatoms. The van der Waals surface area contributed by atoms with Gasteiger partial charge in [-0.25, -0.2) is 4.98 Å². The molecule has 0 aliphatic rings. The zero-order valence-electron chi connectivity index (χ0n) is 13.5. The topological polar surface area (TPSA) is 29.9 Å². The molecule has 1 heterocycles. The summed E-state index contributed by atoms with van der Waals surface area (Å²) in [6.07, 6.45) is 7.24. The molecule has 1 unspecified atom stereocenters. The van der Waals surface area contributed by atoms with Gasteiger partial charge in [0.1, 0.15) is 5.82 Å². The van der Waals surface area contributed by atoms with Crippen molar-refractivity contribution < 1.29 is 0 Å². The minimum atomic E-state index is 0.489. The van der Waals surface area contributed by atoms with Crippen LogP contribution in [0.3, 0.4) is 0 Å². The SMILES string of the molecule is CCNC(CCc1cccc(C)c1)Cc1nccn1CC. The van der Waals surface area contributed by atoms with Crippen molar-refractivity contribution in [2.45, 2.75) is 52.6 Å². The maximum absolute atomic E-state index is 4.50. The Bertz CT molecular complexity index is 545. The van der Waals surface area contributed by atoms with Crippen molar-refractivity contribution in [3.8, 4) is 0 Å². The van der Waals surface area contributed by atoms with Crippen molar-refractivity contribution in [1.29, 1.82) is 0 Å². The Morgan fingerprint density at radius 2 is 2.14 bits per heavy atom. The molecule has 0 spiro atoms. The summed E-state index contributed by atoms with van der Waals surface area (Å²) in [4.78, 5) is 4.50. The van der Waals surface area contributed by atoms with Crippen molar-refractivity contribution in [2.24, 2.45) is 0 Å². The minimum absolute atomic E-state index is 0.489. The van der Waals surface area contributed by atoms with Crippen LogP contribution in [0.15, 0.2) is 36.7 Å². The van der Waals surface area contributed by atoms with Crippen LogP contribution < -0.4 is 5.32 Å². The average molecular weight is 285 g/mol. The van der Waals surface area contributed by atoms with Crippen LogP contribution in [0.2, 0.25) is 0 Å². The van der Waals surface area contributed by atoms with Crippen molar-refractivity contribution in [2.75, 3.05) is 6.54 Å². The smallest absolute Gasteiger partial charge is 0.110 e. The minimum Gasteiger partial charge on any atom is -0.335 e. The van der Waals surface area contributed by atoms with E-state index in [1.54, 1.807) is 0 Å². The number of nitrogens with zero attached hydrogens (tertiary/aromatic N) is 2. The lowest BCUT2D eigenvalue weighted by Crippen LogP contribution is -2.32. The van der Waals surface area contributed by atoms with Crippen molar-refractivity contribution in [3.05, 3.63) is 53.6 Å². The third kappa shape index (κ3) is 4.71. The van der Waals surface area contributed by atoms with E-state index in [0.29, 0.717) is 6.04 Å². The van der Waals surface area contributed by atoms with Gasteiger partial charge in [0, 0.05) is 31.4 Å². The lowest BCUT2D eigenvalue weighted by molar-refractivity contribution is 0.473. The van der Waals surface area contributed by atoms with Gasteiger partial charge in [-0.1, -0.05) is 36.8 Å². The number of hydrogen-bond acceptors (Lipinski definition) is 2. The zero-order chi connectivity index (χ0) is 15.1. The zero-order valence-corrected chi connectivity index (χ0v) is 13.5. The van der Waals surface area contributed by atoms with E-state index in [1.165, 1.54) is 17.0 Å². The van der Waals surface area contributed by atoms with E-state index in [4.69, 9.17) is 0 Å². The molecule has 21 heavy (non-hydrogen) atoms. The highest BCUT2D eigenvalue weighted by atomic mass is 15.1. The number of likely N-dealkylation sites (N-methyl/N-ethyl adjacent to an activating group) is 1. The second-order valence-electron chi connectivity index (χ2n) is 5.62. The molecule has 114 valence electrons. The van der Waals surface area contributed by atoms with Crippen LogP contribution in [-0.4, -0.2) is 22.1 Å². The van der Waals surface area contributed by atoms with Crippen LogP contribution in [0.1, 0.15) is 37.2 Å². The third-order valence-corrected chi connectivity index (χ3v) is 3.93. The van der Waals surface area contributed by atoms with Gasteiger partial charge in [0.25, 0.3) is 0 Å². The van der Waals surface area contributed by atoms with Gasteiger partial charge in [0.15, 0.2) is 0 Å². The normalized spacial score (nSPS) is 12.5. The summed E-state index contributed by atoms with van der Waals surface area (Å²) in [7, 11) is 0. The average Bonchev–Trinajstić information content (AvgIpc) is 2.92. The fraction of sp³-hybridized carbons (Fsp3) is 0.500. The summed E-state index contributed by atoms with van der Waals surface area (Å²) in [5, 5.41) is 3.60. The fourth-order valence-corrected chi connectivity index (χ4v) is 2.81. The predicted octanol–water partition coefficient (Wildman–Crippen LogP) is 3.36. The van der Waals surface area contributed by atoms with Gasteiger partial charge >= 0.3 is 0 Å². The lowest BCUT2D eigenvalue weighted by atomic mass is 10.0. The Morgan fingerprint density at radius 3 is 2.86 bits per heavy atom. The van der Waals surface area contributed by atoms with Gasteiger partial charge in [0.05, 0.1) is 0 Å². The molecule has 0 saturated carbocycles. The molecular weight excluding hydrogens is 258 g/mol. The van der Waals surface area contributed by atoms with E-state index < -0.39 is 0 Å². The summed E-state index contributed by atoms with van der Waals surface area (Å²) in [6.45, 7) is 8.49. The molecule has 1 N–H and O–H groups in total. The first-order valence-corrected chi connectivity index (χ1v) is 8.01. The van der Waals surface area contributed by atoms with E-state index >= 15 is 0 Å². The molecule has 2 aromatic rings. The number of aryl methyl sites for hydroxylation is 3. The van der Waals surface area contributed by atoms with Gasteiger partial charge < -0.3 is 9.88 Å². The molecule has 0 fully saturated rings. The van der Waals surface area contributed by atoms with Gasteiger partial charge in [-0.05, 0) is 38.8 Å². The number of nitrogens with one attached hydrogen (secondary N) is 1. The first kappa shape index (κ1) is 15.8. The summed E-state index contributed by atoms with van der Waals surface area (Å²) >= 11 is 0. The van der Waals surface area contributed by atoms with E-state index in [-0.39, 0.29) is 0 Å². The quantitative estimate of drug-likeness (QED) is 0.806. The Hall–Kier alpha value is -1.61. The number of hydrogen-bond donors (Lipinski definition) is 1. The lowest BCUT2D eigenvalue weighted by Gasteiger charge is -2.18. The summed E-state index contributed by atoms with van der Waals surface area (Å²) in [5.41, 5.74) is 2.77. The molecular formula is C18H27N3. The number of imidazole rings is 1. The highest BCUT2D eigenvalue weighted by Crippen LogP contribution is 2.11. The molecule has 1 atom stereocenters. The molecule has 0 bridgehead atoms. The Morgan fingerprint density at radius 1 is 1.29 bits per heavy atom. The van der Waals surface area contributed by atoms with Crippen LogP contribution in [0.4, 0.5) is 0 Å². The first-order valence-electron chi connectivity index (χ1n) is 8.01. The standard InChI is InChI=1S/C18H27N3/c1-4-19-17(14-18-20-11-12-21(18)5-2)10-9-16-8-6-7-15(3)13-16/h6-8,11-13,17,19H,4-5,9-10,14H2,1-3H3. The molecule has 3 nitrogen and oxygen atoms in total. The molecule has 0 aliphatic carbocycles. The molecule has 0 amide bonds. The largest absolute Gasteiger partial charge is 0.335 e. The molecule has 1 aromatic carbocycles. The van der Waals surface area contributed by atoms with E-state index in [9.17, 15) is 0 Å². The van der Waals surface area contributed by atoms with Gasteiger partial charge in [0.2, 0.25) is 0 Å². The van der Waals surface area contributed by atoms with Crippen molar-refractivity contribution in [3.63, 3.8) is 0 Å². The van der Waals surface area contributed by atoms with Crippen LogP contribution in [-0.2, 0) is 19.4 Å². The Kier molecular flexibility index (Phi) is 6.00. The number of aromatic nitrogens is 2. The van der Waals surface area contributed by atoms with Crippen LogP contribution in [0.25, 0.3) is 0 Å². The number of rotatable bonds is 8. The summed E-state index contributed by atoms with van der Waals surface area (Å²) < 4.78 is 2.23. The van der Waals surface area contributed by atoms with Crippen molar-refractivity contribution >= 4 is 0 Å². The molecule has 1 aromatic heterocycles. The monoisotopic (exact) mass is 285 g/mol. The van der Waals surface area contributed by atoms with Crippen molar-refractivity contribution in [1.82, 2.24) is 14.9 Å². The molecule has 0 aliphatic heterocycles. The highest BCUT2D eigenvalue weighted by Gasteiger charge is 2.12. The van der Waals surface area contributed by atoms with Crippen LogP contribution >= 0.6 is 0 Å². The van der Waals surface area contributed by atoms with E-state index in [1.807, 2.05) is 6.20 Å². The maximum Gasteiger partial charge on any atom is 0.110 e.